The van der Waals surface area contributed by atoms with Gasteiger partial charge in [-0.1, -0.05) is 22.9 Å². The van der Waals surface area contributed by atoms with Crippen molar-refractivity contribution in [3.63, 3.8) is 0 Å². The molecule has 0 spiro atoms. The van der Waals surface area contributed by atoms with Gasteiger partial charge in [0.15, 0.2) is 5.13 Å². The number of thiazole rings is 1. The summed E-state index contributed by atoms with van der Waals surface area (Å²) in [5.74, 6) is -0.498. The van der Waals surface area contributed by atoms with Gasteiger partial charge in [0.05, 0.1) is 20.9 Å². The number of urea groups is 1. The predicted molar refractivity (Wildman–Crippen MR) is 84.4 cm³/mol. The number of primary amides is 1. The van der Waals surface area contributed by atoms with Gasteiger partial charge in [-0.15, -0.1) is 0 Å². The number of halogens is 2. The molecule has 8 heteroatoms. The monoisotopic (exact) mass is 337 g/mol. The quantitative estimate of drug-likeness (QED) is 0.741. The third-order valence-corrected chi connectivity index (χ3v) is 4.25. The van der Waals surface area contributed by atoms with Crippen LogP contribution in [-0.4, -0.2) is 16.1 Å². The number of phenolic OH excluding ortho intramolecular Hbond substituents is 1. The fraction of sp³-hybridized carbons (Fsp3) is 0. The number of carbonyl (C=O) groups is 1. The largest absolute Gasteiger partial charge is 0.506 e. The molecule has 3 rings (SSSR count). The van der Waals surface area contributed by atoms with Crippen LogP contribution in [-0.2, 0) is 0 Å². The molecule has 3 aromatic rings. The van der Waals surface area contributed by atoms with Crippen molar-refractivity contribution >= 4 is 50.0 Å². The fourth-order valence-corrected chi connectivity index (χ4v) is 3.14. The van der Waals surface area contributed by atoms with Crippen LogP contribution >= 0.6 is 22.9 Å². The minimum atomic E-state index is -0.763. The first-order valence-corrected chi connectivity index (χ1v) is 7.29. The molecule has 0 saturated carbocycles. The summed E-state index contributed by atoms with van der Waals surface area (Å²) in [6.45, 7) is 0. The SMILES string of the molecule is NC(=O)N(c1ccc(O)c(Cl)c1)c1nc2ccc(F)cc2s1. The Hall–Kier alpha value is -2.38. The molecule has 0 aliphatic carbocycles. The Bertz CT molecular complexity index is 884. The zero-order valence-corrected chi connectivity index (χ0v) is 12.5. The average Bonchev–Trinajstić information content (AvgIpc) is 2.84. The summed E-state index contributed by atoms with van der Waals surface area (Å²) in [5, 5.41) is 9.82. The molecule has 1 aromatic heterocycles. The third-order valence-electron chi connectivity index (χ3n) is 2.94. The molecule has 0 saturated heterocycles. The summed E-state index contributed by atoms with van der Waals surface area (Å²) in [7, 11) is 0. The standard InChI is InChI=1S/C14H9ClFN3O2S/c15-9-6-8(2-4-11(9)20)19(13(17)21)14-18-10-3-1-7(16)5-12(10)22-14/h1-6,20H,(H2,17,21). The van der Waals surface area contributed by atoms with E-state index < -0.39 is 6.03 Å². The van der Waals surface area contributed by atoms with Crippen molar-refractivity contribution in [3.05, 3.63) is 47.2 Å². The van der Waals surface area contributed by atoms with Crippen molar-refractivity contribution in [3.8, 4) is 5.75 Å². The number of hydrogen-bond acceptors (Lipinski definition) is 4. The second kappa shape index (κ2) is 5.43. The third kappa shape index (κ3) is 2.56. The number of benzene rings is 2. The number of nitrogens with two attached hydrogens (primary N) is 1. The summed E-state index contributed by atoms with van der Waals surface area (Å²) in [5.41, 5.74) is 6.32. The Morgan fingerprint density at radius 3 is 2.77 bits per heavy atom. The maximum atomic E-state index is 13.3. The minimum Gasteiger partial charge on any atom is -0.506 e. The molecule has 0 radical (unpaired) electrons. The van der Waals surface area contributed by atoms with E-state index in [0.29, 0.717) is 15.9 Å². The molecule has 3 N–H and O–H groups in total. The number of hydrogen-bond donors (Lipinski definition) is 2. The van der Waals surface area contributed by atoms with Gasteiger partial charge in [-0.25, -0.2) is 19.1 Å². The number of rotatable bonds is 2. The van der Waals surface area contributed by atoms with Gasteiger partial charge < -0.3 is 10.8 Å². The van der Waals surface area contributed by atoms with Crippen LogP contribution in [0.25, 0.3) is 10.2 Å². The highest BCUT2D eigenvalue weighted by molar-refractivity contribution is 7.22. The Morgan fingerprint density at radius 1 is 1.32 bits per heavy atom. The number of anilines is 2. The van der Waals surface area contributed by atoms with Crippen LogP contribution in [0.5, 0.6) is 5.75 Å². The lowest BCUT2D eigenvalue weighted by atomic mass is 10.3. The van der Waals surface area contributed by atoms with Crippen molar-refractivity contribution in [1.29, 1.82) is 0 Å². The molecule has 112 valence electrons. The van der Waals surface area contributed by atoms with Crippen LogP contribution in [0.1, 0.15) is 0 Å². The van der Waals surface area contributed by atoms with Gasteiger partial charge in [-0.05, 0) is 36.4 Å². The highest BCUT2D eigenvalue weighted by atomic mass is 35.5. The van der Waals surface area contributed by atoms with Crippen LogP contribution in [0.4, 0.5) is 20.0 Å². The molecule has 2 amide bonds. The van der Waals surface area contributed by atoms with Crippen LogP contribution in [0.3, 0.4) is 0 Å². The number of carbonyl (C=O) groups excluding carboxylic acids is 1. The summed E-state index contributed by atoms with van der Waals surface area (Å²) >= 11 is 6.98. The maximum absolute atomic E-state index is 13.3. The highest BCUT2D eigenvalue weighted by Gasteiger charge is 2.20. The Kier molecular flexibility index (Phi) is 3.59. The van der Waals surface area contributed by atoms with Crippen LogP contribution in [0, 0.1) is 5.82 Å². The first-order chi connectivity index (χ1) is 10.5. The fourth-order valence-electron chi connectivity index (χ4n) is 1.95. The van der Waals surface area contributed by atoms with Gasteiger partial charge in [0.1, 0.15) is 11.6 Å². The second-order valence-corrected chi connectivity index (χ2v) is 5.83. The van der Waals surface area contributed by atoms with Gasteiger partial charge in [-0.3, -0.25) is 0 Å². The zero-order valence-electron chi connectivity index (χ0n) is 11.0. The van der Waals surface area contributed by atoms with Crippen molar-refractivity contribution < 1.29 is 14.3 Å². The molecule has 1 heterocycles. The normalized spacial score (nSPS) is 10.8. The van der Waals surface area contributed by atoms with E-state index in [1.165, 1.54) is 36.4 Å². The smallest absolute Gasteiger partial charge is 0.325 e. The lowest BCUT2D eigenvalue weighted by Crippen LogP contribution is -2.31. The lowest BCUT2D eigenvalue weighted by molar-refractivity contribution is 0.256. The molecule has 2 aromatic carbocycles. The Morgan fingerprint density at radius 2 is 2.09 bits per heavy atom. The summed E-state index contributed by atoms with van der Waals surface area (Å²) in [6, 6.07) is 7.61. The van der Waals surface area contributed by atoms with Crippen LogP contribution < -0.4 is 10.6 Å². The van der Waals surface area contributed by atoms with Gasteiger partial charge in [0.2, 0.25) is 0 Å². The second-order valence-electron chi connectivity index (χ2n) is 4.42. The van der Waals surface area contributed by atoms with Crippen molar-refractivity contribution in [2.45, 2.75) is 0 Å². The number of amides is 2. The summed E-state index contributed by atoms with van der Waals surface area (Å²) in [4.78, 5) is 17.2. The number of phenols is 1. The first-order valence-electron chi connectivity index (χ1n) is 6.10. The van der Waals surface area contributed by atoms with E-state index in [-0.39, 0.29) is 21.7 Å². The van der Waals surface area contributed by atoms with E-state index in [0.717, 1.165) is 16.2 Å². The molecule has 0 aliphatic heterocycles. The maximum Gasteiger partial charge on any atom is 0.325 e. The molecular weight excluding hydrogens is 329 g/mol. The number of aromatic hydroxyl groups is 1. The van der Waals surface area contributed by atoms with E-state index >= 15 is 0 Å². The van der Waals surface area contributed by atoms with Gasteiger partial charge in [0, 0.05) is 0 Å². The topological polar surface area (TPSA) is 79.5 Å². The predicted octanol–water partition coefficient (Wildman–Crippen LogP) is 4.01. The molecule has 22 heavy (non-hydrogen) atoms. The minimum absolute atomic E-state index is 0.0795. The lowest BCUT2D eigenvalue weighted by Gasteiger charge is -2.17. The van der Waals surface area contributed by atoms with E-state index in [4.69, 9.17) is 17.3 Å². The molecular formula is C14H9ClFN3O2S. The van der Waals surface area contributed by atoms with E-state index in [2.05, 4.69) is 4.98 Å². The van der Waals surface area contributed by atoms with Gasteiger partial charge in [0.25, 0.3) is 0 Å². The van der Waals surface area contributed by atoms with E-state index in [1.54, 1.807) is 0 Å². The number of fused-ring (bicyclic) bond motifs is 1. The summed E-state index contributed by atoms with van der Waals surface area (Å²) < 4.78 is 13.8. The van der Waals surface area contributed by atoms with E-state index in [9.17, 15) is 14.3 Å². The van der Waals surface area contributed by atoms with Crippen LogP contribution in [0.2, 0.25) is 5.02 Å². The Balaban J connectivity index is 2.13. The Labute approximate surface area is 133 Å². The average molecular weight is 338 g/mol. The van der Waals surface area contributed by atoms with Crippen LogP contribution in [0.15, 0.2) is 36.4 Å². The van der Waals surface area contributed by atoms with Gasteiger partial charge >= 0.3 is 6.03 Å². The van der Waals surface area contributed by atoms with Crippen molar-refractivity contribution in [1.82, 2.24) is 4.98 Å². The van der Waals surface area contributed by atoms with Gasteiger partial charge in [-0.2, -0.15) is 0 Å². The number of nitrogens with zero attached hydrogens (tertiary/aromatic N) is 2. The molecule has 5 nitrogen and oxygen atoms in total. The molecule has 0 bridgehead atoms. The highest BCUT2D eigenvalue weighted by Crippen LogP contribution is 2.36. The zero-order chi connectivity index (χ0) is 15.9. The van der Waals surface area contributed by atoms with Crippen molar-refractivity contribution in [2.75, 3.05) is 4.90 Å². The first kappa shape index (κ1) is 14.6. The van der Waals surface area contributed by atoms with E-state index in [1.807, 2.05) is 0 Å². The van der Waals surface area contributed by atoms with Crippen molar-refractivity contribution in [2.24, 2.45) is 5.73 Å². The molecule has 0 fully saturated rings. The number of aromatic nitrogens is 1. The molecule has 0 aliphatic rings. The molecule has 0 atom stereocenters. The molecule has 0 unspecified atom stereocenters. The summed E-state index contributed by atoms with van der Waals surface area (Å²) in [6.07, 6.45) is 0.